The second kappa shape index (κ2) is 8.05. The van der Waals surface area contributed by atoms with Crippen molar-refractivity contribution in [3.8, 4) is 0 Å². The van der Waals surface area contributed by atoms with Crippen LogP contribution in [0.25, 0.3) is 0 Å². The molecule has 5 rings (SSSR count). The molecule has 1 N–H and O–H groups in total. The topological polar surface area (TPSA) is 85.7 Å². The summed E-state index contributed by atoms with van der Waals surface area (Å²) in [5.74, 6) is -0.0726. The molecule has 0 spiro atoms. The first-order chi connectivity index (χ1) is 14.5. The minimum absolute atomic E-state index is 0.0530. The Balaban J connectivity index is 1.39. The van der Waals surface area contributed by atoms with E-state index in [9.17, 15) is 8.42 Å². The minimum atomic E-state index is -3.67. The molecule has 162 valence electrons. The molecule has 3 atom stereocenters. The summed E-state index contributed by atoms with van der Waals surface area (Å²) in [6, 6.07) is 8.65. The Kier molecular flexibility index (Phi) is 5.40. The van der Waals surface area contributed by atoms with Crippen molar-refractivity contribution in [1.29, 1.82) is 0 Å². The van der Waals surface area contributed by atoms with Crippen LogP contribution < -0.4 is 5.32 Å². The highest BCUT2D eigenvalue weighted by Gasteiger charge is 2.46. The monoisotopic (exact) mass is 432 g/mol. The number of imidazole rings is 1. The molecule has 0 bridgehead atoms. The standard InChI is InChI=1S/C21H28N4O4S/c1-24-13-20(22-14-24)30(26,27)25-11-17(21-28-9-4-10-29-21)19(12-25)23-18-8-7-15-5-2-3-6-16(15)18/h2-3,5-6,13-14,17-19,21,23H,4,7-12H2,1H3/t17-,18?,19-/m0/s1. The molecular formula is C21H28N4O4S. The van der Waals surface area contributed by atoms with Gasteiger partial charge in [0.1, 0.15) is 0 Å². The molecule has 30 heavy (non-hydrogen) atoms. The lowest BCUT2D eigenvalue weighted by atomic mass is 10.00. The number of aromatic nitrogens is 2. The van der Waals surface area contributed by atoms with Gasteiger partial charge in [-0.1, -0.05) is 24.3 Å². The summed E-state index contributed by atoms with van der Waals surface area (Å²) < 4.78 is 41.4. The van der Waals surface area contributed by atoms with Crippen LogP contribution in [-0.4, -0.2) is 60.9 Å². The zero-order valence-corrected chi connectivity index (χ0v) is 17.9. The van der Waals surface area contributed by atoms with E-state index >= 15 is 0 Å². The van der Waals surface area contributed by atoms with Crippen LogP contribution in [-0.2, 0) is 33.0 Å². The highest BCUT2D eigenvalue weighted by Crippen LogP contribution is 2.35. The zero-order valence-electron chi connectivity index (χ0n) is 17.1. The quantitative estimate of drug-likeness (QED) is 0.770. The van der Waals surface area contributed by atoms with Crippen molar-refractivity contribution in [3.05, 3.63) is 47.9 Å². The highest BCUT2D eigenvalue weighted by atomic mass is 32.2. The Bertz CT molecular complexity index is 1000. The van der Waals surface area contributed by atoms with E-state index in [-0.39, 0.29) is 23.0 Å². The van der Waals surface area contributed by atoms with Crippen molar-refractivity contribution in [2.45, 2.75) is 42.7 Å². The molecule has 1 unspecified atom stereocenters. The first-order valence-electron chi connectivity index (χ1n) is 10.6. The van der Waals surface area contributed by atoms with Crippen molar-refractivity contribution < 1.29 is 17.9 Å². The molecule has 3 heterocycles. The number of hydrogen-bond acceptors (Lipinski definition) is 6. The summed E-state index contributed by atoms with van der Waals surface area (Å²) in [5, 5.41) is 3.83. The Morgan fingerprint density at radius 1 is 1.17 bits per heavy atom. The van der Waals surface area contributed by atoms with Crippen LogP contribution in [0.5, 0.6) is 0 Å². The number of ether oxygens (including phenoxy) is 2. The number of benzene rings is 1. The summed E-state index contributed by atoms with van der Waals surface area (Å²) in [7, 11) is -1.90. The van der Waals surface area contributed by atoms with Crippen molar-refractivity contribution >= 4 is 10.0 Å². The minimum Gasteiger partial charge on any atom is -0.352 e. The van der Waals surface area contributed by atoms with Gasteiger partial charge in [0.25, 0.3) is 10.0 Å². The zero-order chi connectivity index (χ0) is 20.7. The molecule has 0 saturated carbocycles. The molecule has 1 aliphatic carbocycles. The van der Waals surface area contributed by atoms with Gasteiger partial charge in [0, 0.05) is 44.3 Å². The lowest BCUT2D eigenvalue weighted by molar-refractivity contribution is -0.205. The Morgan fingerprint density at radius 2 is 1.97 bits per heavy atom. The molecule has 1 aromatic heterocycles. The van der Waals surface area contributed by atoms with Crippen LogP contribution in [0.15, 0.2) is 41.8 Å². The average Bonchev–Trinajstić information content (AvgIpc) is 3.48. The van der Waals surface area contributed by atoms with E-state index in [1.807, 2.05) is 0 Å². The van der Waals surface area contributed by atoms with E-state index in [1.165, 1.54) is 21.8 Å². The smallest absolute Gasteiger partial charge is 0.262 e. The van der Waals surface area contributed by atoms with E-state index in [2.05, 4.69) is 34.6 Å². The van der Waals surface area contributed by atoms with Crippen LogP contribution >= 0.6 is 0 Å². The van der Waals surface area contributed by atoms with E-state index < -0.39 is 16.3 Å². The Labute approximate surface area is 177 Å². The van der Waals surface area contributed by atoms with Crippen molar-refractivity contribution in [3.63, 3.8) is 0 Å². The molecule has 1 aromatic carbocycles. The van der Waals surface area contributed by atoms with Gasteiger partial charge in [-0.15, -0.1) is 0 Å². The van der Waals surface area contributed by atoms with E-state index in [0.717, 1.165) is 19.3 Å². The summed E-state index contributed by atoms with van der Waals surface area (Å²) in [4.78, 5) is 4.08. The van der Waals surface area contributed by atoms with Gasteiger partial charge in [0.2, 0.25) is 0 Å². The van der Waals surface area contributed by atoms with Crippen LogP contribution in [0.1, 0.15) is 30.0 Å². The van der Waals surface area contributed by atoms with Gasteiger partial charge in [0.05, 0.1) is 19.5 Å². The summed E-state index contributed by atoms with van der Waals surface area (Å²) >= 11 is 0. The molecular weight excluding hydrogens is 404 g/mol. The lowest BCUT2D eigenvalue weighted by Crippen LogP contribution is -2.45. The van der Waals surface area contributed by atoms with Gasteiger partial charge in [-0.2, -0.15) is 4.31 Å². The summed E-state index contributed by atoms with van der Waals surface area (Å²) in [6.07, 6.45) is 5.59. The molecule has 0 radical (unpaired) electrons. The second-order valence-corrected chi connectivity index (χ2v) is 10.3. The molecule has 2 saturated heterocycles. The molecule has 2 aliphatic heterocycles. The fourth-order valence-corrected chi connectivity index (χ4v) is 6.31. The lowest BCUT2D eigenvalue weighted by Gasteiger charge is -2.32. The fourth-order valence-electron chi connectivity index (χ4n) is 4.84. The van der Waals surface area contributed by atoms with Crippen LogP contribution in [0.2, 0.25) is 0 Å². The maximum absolute atomic E-state index is 13.2. The fraction of sp³-hybridized carbons (Fsp3) is 0.571. The molecule has 9 heteroatoms. The van der Waals surface area contributed by atoms with Crippen LogP contribution in [0, 0.1) is 5.92 Å². The Morgan fingerprint density at radius 3 is 2.73 bits per heavy atom. The predicted molar refractivity (Wildman–Crippen MR) is 110 cm³/mol. The van der Waals surface area contributed by atoms with Gasteiger partial charge in [-0.3, -0.25) is 0 Å². The molecule has 2 aromatic rings. The third-order valence-electron chi connectivity index (χ3n) is 6.37. The number of aryl methyl sites for hydroxylation is 2. The second-order valence-electron chi connectivity index (χ2n) is 8.39. The Hall–Kier alpha value is -1.78. The molecule has 2 fully saturated rings. The maximum Gasteiger partial charge on any atom is 0.262 e. The van der Waals surface area contributed by atoms with E-state index in [0.29, 0.717) is 26.3 Å². The van der Waals surface area contributed by atoms with Crippen LogP contribution in [0.4, 0.5) is 0 Å². The normalized spacial score (nSPS) is 28.1. The molecule has 3 aliphatic rings. The van der Waals surface area contributed by atoms with Gasteiger partial charge >= 0.3 is 0 Å². The number of fused-ring (bicyclic) bond motifs is 1. The largest absolute Gasteiger partial charge is 0.352 e. The third-order valence-corrected chi connectivity index (χ3v) is 8.08. The van der Waals surface area contributed by atoms with Gasteiger partial charge in [0.15, 0.2) is 11.3 Å². The van der Waals surface area contributed by atoms with Crippen molar-refractivity contribution in [2.75, 3.05) is 26.3 Å². The number of sulfonamides is 1. The average molecular weight is 433 g/mol. The van der Waals surface area contributed by atoms with E-state index in [1.54, 1.807) is 17.8 Å². The number of hydrogen-bond donors (Lipinski definition) is 1. The van der Waals surface area contributed by atoms with E-state index in [4.69, 9.17) is 9.47 Å². The summed E-state index contributed by atoms with van der Waals surface area (Å²) in [6.45, 7) is 2.03. The maximum atomic E-state index is 13.2. The van der Waals surface area contributed by atoms with Gasteiger partial charge in [-0.05, 0) is 30.4 Å². The van der Waals surface area contributed by atoms with Gasteiger partial charge in [-0.25, -0.2) is 13.4 Å². The van der Waals surface area contributed by atoms with Gasteiger partial charge < -0.3 is 19.4 Å². The first kappa shape index (κ1) is 20.1. The number of nitrogens with one attached hydrogen (secondary N) is 1. The first-order valence-corrected chi connectivity index (χ1v) is 12.0. The molecule has 8 nitrogen and oxygen atoms in total. The highest BCUT2D eigenvalue weighted by molar-refractivity contribution is 7.89. The third kappa shape index (κ3) is 3.69. The number of nitrogens with zero attached hydrogens (tertiary/aromatic N) is 3. The van der Waals surface area contributed by atoms with Crippen LogP contribution in [0.3, 0.4) is 0 Å². The SMILES string of the molecule is Cn1cnc(S(=O)(=O)N2C[C@H](NC3CCc4ccccc43)[C@@H](C3OCCCO3)C2)c1. The summed E-state index contributed by atoms with van der Waals surface area (Å²) in [5.41, 5.74) is 2.68. The van der Waals surface area contributed by atoms with Crippen molar-refractivity contribution in [1.82, 2.24) is 19.2 Å². The molecule has 0 amide bonds. The predicted octanol–water partition coefficient (Wildman–Crippen LogP) is 1.45. The number of rotatable bonds is 5. The van der Waals surface area contributed by atoms with Crippen molar-refractivity contribution in [2.24, 2.45) is 13.0 Å².